The molecule has 1 saturated carbocycles. The van der Waals surface area contributed by atoms with E-state index in [1.807, 2.05) is 13.0 Å². The first-order valence-electron chi connectivity index (χ1n) is 9.98. The van der Waals surface area contributed by atoms with E-state index in [9.17, 15) is 14.7 Å². The minimum atomic E-state index is -0.284. The molecule has 1 aromatic carbocycles. The van der Waals surface area contributed by atoms with Crippen molar-refractivity contribution in [2.75, 3.05) is 13.1 Å². The molecule has 1 aliphatic heterocycles. The Morgan fingerprint density at radius 3 is 2.56 bits per heavy atom. The summed E-state index contributed by atoms with van der Waals surface area (Å²) >= 11 is 0. The first kappa shape index (κ1) is 19.5. The van der Waals surface area contributed by atoms with Gasteiger partial charge >= 0.3 is 6.09 Å². The summed E-state index contributed by atoms with van der Waals surface area (Å²) in [6.45, 7) is 5.30. The Labute approximate surface area is 160 Å². The number of carbonyl (C=O) groups is 2. The molecule has 3 rings (SSSR count). The van der Waals surface area contributed by atoms with Crippen LogP contribution in [0, 0.1) is 18.8 Å². The molecular formula is C21H30N2O4. The molecule has 0 bridgehead atoms. The Bertz CT molecular complexity index is 677. The Morgan fingerprint density at radius 1 is 1.22 bits per heavy atom. The van der Waals surface area contributed by atoms with Crippen molar-refractivity contribution in [1.82, 2.24) is 10.2 Å². The van der Waals surface area contributed by atoms with Gasteiger partial charge < -0.3 is 20.1 Å². The second-order valence-electron chi connectivity index (χ2n) is 7.88. The number of likely N-dealkylation sites (tertiary alicyclic amines) is 1. The molecule has 2 fully saturated rings. The van der Waals surface area contributed by atoms with E-state index in [1.54, 1.807) is 17.0 Å². The molecule has 0 atom stereocenters. The highest BCUT2D eigenvalue weighted by molar-refractivity contribution is 5.82. The molecular weight excluding hydrogens is 344 g/mol. The second-order valence-corrected chi connectivity index (χ2v) is 7.88. The van der Waals surface area contributed by atoms with Crippen LogP contribution in [0.25, 0.3) is 0 Å². The summed E-state index contributed by atoms with van der Waals surface area (Å²) in [5.74, 6) is 0.802. The lowest BCUT2D eigenvalue weighted by Crippen LogP contribution is -2.56. The van der Waals surface area contributed by atoms with E-state index in [-0.39, 0.29) is 29.8 Å². The molecule has 1 aromatic rings. The van der Waals surface area contributed by atoms with Crippen LogP contribution in [0.15, 0.2) is 18.2 Å². The lowest BCUT2D eigenvalue weighted by molar-refractivity contribution is -0.129. The zero-order chi connectivity index (χ0) is 19.4. The predicted octanol–water partition coefficient (Wildman–Crippen LogP) is 3.35. The Hall–Kier alpha value is -2.24. The van der Waals surface area contributed by atoms with Crippen LogP contribution < -0.4 is 5.32 Å². The SMILES string of the molecule is CC[C@H]1CC[C@@H](OC(=O)N2CC(C(=O)NCc3ccc(O)c(C)c3)C2)CC1. The third kappa shape index (κ3) is 4.93. The van der Waals surface area contributed by atoms with Gasteiger partial charge in [-0.05, 0) is 55.7 Å². The van der Waals surface area contributed by atoms with E-state index in [2.05, 4.69) is 12.2 Å². The highest BCUT2D eigenvalue weighted by Gasteiger charge is 2.37. The fourth-order valence-corrected chi connectivity index (χ4v) is 3.83. The maximum absolute atomic E-state index is 12.2. The normalized spacial score (nSPS) is 22.8. The lowest BCUT2D eigenvalue weighted by atomic mass is 9.86. The van der Waals surface area contributed by atoms with Gasteiger partial charge in [0.2, 0.25) is 5.91 Å². The van der Waals surface area contributed by atoms with Crippen LogP contribution in [0.4, 0.5) is 4.79 Å². The number of hydrogen-bond acceptors (Lipinski definition) is 4. The molecule has 6 heteroatoms. The molecule has 1 heterocycles. The molecule has 0 unspecified atom stereocenters. The number of nitrogens with one attached hydrogen (secondary N) is 1. The summed E-state index contributed by atoms with van der Waals surface area (Å²) in [5, 5.41) is 12.4. The maximum atomic E-state index is 12.2. The number of rotatable bonds is 5. The van der Waals surface area contributed by atoms with Crippen molar-refractivity contribution < 1.29 is 19.4 Å². The summed E-state index contributed by atoms with van der Waals surface area (Å²) in [5.41, 5.74) is 1.73. The van der Waals surface area contributed by atoms with Gasteiger partial charge in [-0.2, -0.15) is 0 Å². The molecule has 0 aromatic heterocycles. The van der Waals surface area contributed by atoms with Crippen LogP contribution in [-0.4, -0.2) is 41.2 Å². The van der Waals surface area contributed by atoms with Gasteiger partial charge in [0.25, 0.3) is 0 Å². The molecule has 2 aliphatic rings. The summed E-state index contributed by atoms with van der Waals surface area (Å²) in [6, 6.07) is 5.28. The highest BCUT2D eigenvalue weighted by Crippen LogP contribution is 2.29. The van der Waals surface area contributed by atoms with Crippen LogP contribution in [0.3, 0.4) is 0 Å². The minimum absolute atomic E-state index is 0.0333. The molecule has 148 valence electrons. The van der Waals surface area contributed by atoms with Gasteiger partial charge in [0.05, 0.1) is 5.92 Å². The third-order valence-corrected chi connectivity index (χ3v) is 5.88. The highest BCUT2D eigenvalue weighted by atomic mass is 16.6. The number of ether oxygens (including phenoxy) is 1. The number of benzene rings is 1. The maximum Gasteiger partial charge on any atom is 0.410 e. The fourth-order valence-electron chi connectivity index (χ4n) is 3.83. The number of phenolic OH excluding ortho intramolecular Hbond substituents is 1. The molecule has 0 spiro atoms. The number of phenols is 1. The van der Waals surface area contributed by atoms with Crippen LogP contribution >= 0.6 is 0 Å². The quantitative estimate of drug-likeness (QED) is 0.828. The van der Waals surface area contributed by atoms with Gasteiger partial charge in [-0.1, -0.05) is 25.5 Å². The lowest BCUT2D eigenvalue weighted by Gasteiger charge is -2.38. The van der Waals surface area contributed by atoms with Crippen LogP contribution in [0.1, 0.15) is 50.2 Å². The zero-order valence-electron chi connectivity index (χ0n) is 16.2. The number of carbonyl (C=O) groups excluding carboxylic acids is 2. The Kier molecular flexibility index (Phi) is 6.24. The summed E-state index contributed by atoms with van der Waals surface area (Å²) in [4.78, 5) is 26.1. The minimum Gasteiger partial charge on any atom is -0.508 e. The number of hydrogen-bond donors (Lipinski definition) is 2. The van der Waals surface area contributed by atoms with Crippen molar-refractivity contribution in [1.29, 1.82) is 0 Å². The fraction of sp³-hybridized carbons (Fsp3) is 0.619. The average molecular weight is 374 g/mol. The van der Waals surface area contributed by atoms with Crippen LogP contribution in [0.2, 0.25) is 0 Å². The van der Waals surface area contributed by atoms with Gasteiger partial charge in [-0.25, -0.2) is 4.79 Å². The number of aryl methyl sites for hydroxylation is 1. The van der Waals surface area contributed by atoms with E-state index in [4.69, 9.17) is 4.74 Å². The van der Waals surface area contributed by atoms with Gasteiger partial charge in [0, 0.05) is 19.6 Å². The van der Waals surface area contributed by atoms with E-state index in [0.717, 1.165) is 42.7 Å². The third-order valence-electron chi connectivity index (χ3n) is 5.88. The number of nitrogens with zero attached hydrogens (tertiary/aromatic N) is 1. The average Bonchev–Trinajstić information content (AvgIpc) is 2.62. The van der Waals surface area contributed by atoms with Crippen molar-refractivity contribution >= 4 is 12.0 Å². The smallest absolute Gasteiger partial charge is 0.410 e. The molecule has 2 amide bonds. The van der Waals surface area contributed by atoms with Crippen LogP contribution in [-0.2, 0) is 16.1 Å². The number of amides is 2. The molecule has 6 nitrogen and oxygen atoms in total. The van der Waals surface area contributed by atoms with Gasteiger partial charge in [-0.3, -0.25) is 4.79 Å². The Morgan fingerprint density at radius 2 is 1.93 bits per heavy atom. The summed E-state index contributed by atoms with van der Waals surface area (Å²) in [6.07, 6.45) is 5.13. The van der Waals surface area contributed by atoms with E-state index >= 15 is 0 Å². The zero-order valence-corrected chi connectivity index (χ0v) is 16.2. The van der Waals surface area contributed by atoms with Crippen molar-refractivity contribution in [3.8, 4) is 5.75 Å². The number of aromatic hydroxyl groups is 1. The van der Waals surface area contributed by atoms with Gasteiger partial charge in [0.15, 0.2) is 0 Å². The standard InChI is InChI=1S/C21H30N2O4/c1-3-15-4-7-18(8-5-15)27-21(26)23-12-17(13-23)20(25)22-11-16-6-9-19(24)14(2)10-16/h6,9-10,15,17-18,24H,3-5,7-8,11-13H2,1-2H3,(H,22,25)/t15-,18+. The monoisotopic (exact) mass is 374 g/mol. The van der Waals surface area contributed by atoms with Crippen molar-refractivity contribution in [3.63, 3.8) is 0 Å². The van der Waals surface area contributed by atoms with Gasteiger partial charge in [0.1, 0.15) is 11.9 Å². The van der Waals surface area contributed by atoms with E-state index in [1.165, 1.54) is 6.42 Å². The molecule has 0 radical (unpaired) electrons. The predicted molar refractivity (Wildman–Crippen MR) is 102 cm³/mol. The van der Waals surface area contributed by atoms with Crippen molar-refractivity contribution in [2.24, 2.45) is 11.8 Å². The molecule has 1 saturated heterocycles. The Balaban J connectivity index is 1.36. The largest absolute Gasteiger partial charge is 0.508 e. The van der Waals surface area contributed by atoms with Crippen molar-refractivity contribution in [2.45, 2.75) is 58.6 Å². The molecule has 27 heavy (non-hydrogen) atoms. The molecule has 1 aliphatic carbocycles. The summed E-state index contributed by atoms with van der Waals surface area (Å²) in [7, 11) is 0. The first-order valence-corrected chi connectivity index (χ1v) is 9.98. The van der Waals surface area contributed by atoms with Crippen LogP contribution in [0.5, 0.6) is 5.75 Å². The van der Waals surface area contributed by atoms with E-state index < -0.39 is 0 Å². The summed E-state index contributed by atoms with van der Waals surface area (Å²) < 4.78 is 5.60. The van der Waals surface area contributed by atoms with Crippen molar-refractivity contribution in [3.05, 3.63) is 29.3 Å². The molecule has 2 N–H and O–H groups in total. The van der Waals surface area contributed by atoms with E-state index in [0.29, 0.717) is 19.6 Å². The first-order chi connectivity index (χ1) is 13.0. The topological polar surface area (TPSA) is 78.9 Å². The van der Waals surface area contributed by atoms with Gasteiger partial charge in [-0.15, -0.1) is 0 Å². The second kappa shape index (κ2) is 8.63.